The fraction of sp³-hybridized carbons (Fsp3) is 0.333. The van der Waals surface area contributed by atoms with Crippen LogP contribution in [0.2, 0.25) is 19.6 Å². The van der Waals surface area contributed by atoms with Crippen molar-refractivity contribution in [3.05, 3.63) is 53.2 Å². The average molecular weight is 406 g/mol. The second kappa shape index (κ2) is 6.78. The predicted octanol–water partition coefficient (Wildman–Crippen LogP) is 5.92. The Balaban J connectivity index is 2.11. The Morgan fingerprint density at radius 2 is 1.75 bits per heavy atom. The number of hydrogen-bond acceptors (Lipinski definition) is 2. The zero-order chi connectivity index (χ0) is 20.2. The van der Waals surface area contributed by atoms with Crippen LogP contribution in [0.15, 0.2) is 42.0 Å². The van der Waals surface area contributed by atoms with Gasteiger partial charge in [-0.1, -0.05) is 57.8 Å². The molecule has 2 nitrogen and oxygen atoms in total. The third kappa shape index (κ3) is 2.99. The van der Waals surface area contributed by atoms with Crippen molar-refractivity contribution in [1.29, 1.82) is 0 Å². The molecule has 0 atom stereocenters. The van der Waals surface area contributed by atoms with E-state index in [1.165, 1.54) is 48.6 Å². The summed E-state index contributed by atoms with van der Waals surface area (Å²) in [5.74, 6) is 0.479. The molecule has 2 aromatic carbocycles. The van der Waals surface area contributed by atoms with Crippen LogP contribution in [0.4, 0.5) is 0 Å². The summed E-state index contributed by atoms with van der Waals surface area (Å²) in [6, 6.07) is 11.3. The Hall–Kier alpha value is -2.04. The van der Waals surface area contributed by atoms with Gasteiger partial charge in [-0.2, -0.15) is 0 Å². The Bertz CT molecular complexity index is 1200. The predicted molar refractivity (Wildman–Crippen MR) is 126 cm³/mol. The van der Waals surface area contributed by atoms with Crippen LogP contribution in [-0.2, 0) is 7.05 Å². The maximum absolute atomic E-state index is 4.85. The standard InChI is InChI=1S/C24H29N2SSi/c1-15(2)19-12-20(16(3)17-10-8-9-11-18(17)19)23-24-22(25-14-26(23)4)21(13-27-24)28(5,6)7/h8-15H,1-7H3/q+1. The number of rotatable bonds is 3. The van der Waals surface area contributed by atoms with Crippen molar-refractivity contribution < 1.29 is 4.57 Å². The highest BCUT2D eigenvalue weighted by Gasteiger charge is 2.28. The van der Waals surface area contributed by atoms with Gasteiger partial charge in [-0.15, -0.1) is 11.3 Å². The Labute approximate surface area is 172 Å². The molecule has 0 unspecified atom stereocenters. The van der Waals surface area contributed by atoms with E-state index < -0.39 is 8.07 Å². The molecule has 0 saturated carbocycles. The number of aromatic nitrogens is 2. The van der Waals surface area contributed by atoms with Crippen LogP contribution in [0.3, 0.4) is 0 Å². The highest BCUT2D eigenvalue weighted by molar-refractivity contribution is 7.20. The normalized spacial score (nSPS) is 12.4. The topological polar surface area (TPSA) is 16.8 Å². The Morgan fingerprint density at radius 3 is 2.39 bits per heavy atom. The molecule has 0 amide bonds. The van der Waals surface area contributed by atoms with Gasteiger partial charge in [0.15, 0.2) is 11.2 Å². The van der Waals surface area contributed by atoms with E-state index in [1.807, 2.05) is 17.7 Å². The lowest BCUT2D eigenvalue weighted by Crippen LogP contribution is -2.38. The lowest BCUT2D eigenvalue weighted by Gasteiger charge is -2.17. The third-order valence-electron chi connectivity index (χ3n) is 5.72. The summed E-state index contributed by atoms with van der Waals surface area (Å²) in [5.41, 5.74) is 6.61. The molecule has 2 aromatic heterocycles. The lowest BCUT2D eigenvalue weighted by atomic mass is 9.89. The molecule has 2 heterocycles. The lowest BCUT2D eigenvalue weighted by molar-refractivity contribution is -0.662. The minimum absolute atomic E-state index is 0.479. The monoisotopic (exact) mass is 405 g/mol. The summed E-state index contributed by atoms with van der Waals surface area (Å²) in [6.45, 7) is 14.1. The molecule has 0 aliphatic carbocycles. The maximum atomic E-state index is 4.85. The molecule has 4 rings (SSSR count). The average Bonchev–Trinajstić information content (AvgIpc) is 3.07. The molecule has 0 saturated heterocycles. The van der Waals surface area contributed by atoms with Gasteiger partial charge in [0, 0.05) is 10.8 Å². The summed E-state index contributed by atoms with van der Waals surface area (Å²) in [6.07, 6.45) is 2.00. The molecule has 0 spiro atoms. The van der Waals surface area contributed by atoms with E-state index in [1.54, 1.807) is 0 Å². The third-order valence-corrected chi connectivity index (χ3v) is 8.91. The van der Waals surface area contributed by atoms with E-state index >= 15 is 0 Å². The van der Waals surface area contributed by atoms with Crippen LogP contribution in [0.5, 0.6) is 0 Å². The summed E-state index contributed by atoms with van der Waals surface area (Å²) >= 11 is 1.86. The zero-order valence-corrected chi connectivity index (χ0v) is 19.7. The second-order valence-electron chi connectivity index (χ2n) is 9.12. The molecule has 144 valence electrons. The summed E-state index contributed by atoms with van der Waals surface area (Å²) in [7, 11) is 0.690. The molecule has 4 heteroatoms. The van der Waals surface area contributed by atoms with Crippen LogP contribution in [0.25, 0.3) is 32.2 Å². The van der Waals surface area contributed by atoms with Crippen LogP contribution in [0.1, 0.15) is 30.9 Å². The largest absolute Gasteiger partial charge is 0.287 e. The molecule has 28 heavy (non-hydrogen) atoms. The van der Waals surface area contributed by atoms with Crippen molar-refractivity contribution in [3.8, 4) is 11.3 Å². The molecule has 0 N–H and O–H groups in total. The Kier molecular flexibility index (Phi) is 4.67. The van der Waals surface area contributed by atoms with Crippen molar-refractivity contribution in [3.63, 3.8) is 0 Å². The number of thiophene rings is 1. The van der Waals surface area contributed by atoms with Crippen molar-refractivity contribution >= 4 is 45.6 Å². The van der Waals surface area contributed by atoms with Gasteiger partial charge in [0.05, 0.1) is 15.1 Å². The van der Waals surface area contributed by atoms with Crippen LogP contribution in [0, 0.1) is 6.92 Å². The summed E-state index contributed by atoms with van der Waals surface area (Å²) < 4.78 is 3.52. The van der Waals surface area contributed by atoms with Crippen LogP contribution < -0.4 is 9.75 Å². The fourth-order valence-electron chi connectivity index (χ4n) is 4.13. The van der Waals surface area contributed by atoms with Gasteiger partial charge >= 0.3 is 0 Å². The number of aryl methyl sites for hydroxylation is 2. The molecule has 0 aliphatic heterocycles. The van der Waals surface area contributed by atoms with Crippen molar-refractivity contribution in [2.45, 2.75) is 46.3 Å². The van der Waals surface area contributed by atoms with E-state index in [2.05, 4.69) is 87.7 Å². The first-order chi connectivity index (χ1) is 13.2. The molecule has 0 aliphatic rings. The fourth-order valence-corrected chi connectivity index (χ4v) is 7.70. The van der Waals surface area contributed by atoms with Crippen molar-refractivity contribution in [1.82, 2.24) is 4.98 Å². The van der Waals surface area contributed by atoms with Gasteiger partial charge in [-0.3, -0.25) is 0 Å². The minimum Gasteiger partial charge on any atom is -0.231 e. The second-order valence-corrected chi connectivity index (χ2v) is 15.0. The smallest absolute Gasteiger partial charge is 0.231 e. The highest BCUT2D eigenvalue weighted by atomic mass is 32.1. The summed E-state index contributed by atoms with van der Waals surface area (Å²) in [4.78, 5) is 4.85. The number of fused-ring (bicyclic) bond motifs is 2. The van der Waals surface area contributed by atoms with Crippen molar-refractivity contribution in [2.75, 3.05) is 0 Å². The summed E-state index contributed by atoms with van der Waals surface area (Å²) in [5, 5.41) is 6.56. The maximum Gasteiger partial charge on any atom is 0.287 e. The van der Waals surface area contributed by atoms with Crippen LogP contribution in [-0.4, -0.2) is 13.1 Å². The van der Waals surface area contributed by atoms with E-state index in [-0.39, 0.29) is 0 Å². The molecule has 4 aromatic rings. The molecule has 0 radical (unpaired) electrons. The zero-order valence-electron chi connectivity index (χ0n) is 17.9. The quantitative estimate of drug-likeness (QED) is 0.305. The van der Waals surface area contributed by atoms with E-state index in [0.29, 0.717) is 5.92 Å². The van der Waals surface area contributed by atoms with E-state index in [4.69, 9.17) is 4.98 Å². The first-order valence-electron chi connectivity index (χ1n) is 9.99. The van der Waals surface area contributed by atoms with Gasteiger partial charge in [0.25, 0.3) is 6.33 Å². The van der Waals surface area contributed by atoms with Gasteiger partial charge in [-0.25, -0.2) is 4.57 Å². The number of benzene rings is 2. The van der Waals surface area contributed by atoms with Gasteiger partial charge < -0.3 is 0 Å². The molecule has 0 bridgehead atoms. The minimum atomic E-state index is -1.43. The number of hydrogen-bond donors (Lipinski definition) is 0. The highest BCUT2D eigenvalue weighted by Crippen LogP contribution is 2.37. The molecule has 0 fully saturated rings. The first-order valence-corrected chi connectivity index (χ1v) is 14.4. The van der Waals surface area contributed by atoms with Gasteiger partial charge in [0.1, 0.15) is 4.70 Å². The van der Waals surface area contributed by atoms with Crippen LogP contribution >= 0.6 is 11.3 Å². The van der Waals surface area contributed by atoms with E-state index in [0.717, 1.165) is 0 Å². The number of nitrogens with zero attached hydrogens (tertiary/aromatic N) is 2. The molecular weight excluding hydrogens is 376 g/mol. The SMILES string of the molecule is Cc1c(-c2c3scc([Si](C)(C)C)c3nc[n+]2C)cc(C(C)C)c2ccccc12. The van der Waals surface area contributed by atoms with Gasteiger partial charge in [-0.05, 0) is 51.2 Å². The molecular formula is C24H29N2SSi+. The van der Waals surface area contributed by atoms with E-state index in [9.17, 15) is 0 Å². The Morgan fingerprint density at radius 1 is 1.07 bits per heavy atom. The van der Waals surface area contributed by atoms with Crippen molar-refractivity contribution in [2.24, 2.45) is 7.05 Å². The first kappa shape index (κ1) is 19.3. The van der Waals surface area contributed by atoms with Gasteiger partial charge in [0.2, 0.25) is 0 Å².